The van der Waals surface area contributed by atoms with Crippen LogP contribution >= 0.6 is 0 Å². The van der Waals surface area contributed by atoms with Crippen molar-refractivity contribution >= 4 is 16.1 Å². The second kappa shape index (κ2) is 5.32. The van der Waals surface area contributed by atoms with E-state index in [1.807, 2.05) is 23.8 Å². The highest BCUT2D eigenvalue weighted by Gasteiger charge is 2.27. The normalized spacial score (nSPS) is 17.7. The highest BCUT2D eigenvalue weighted by atomic mass is 32.2. The Labute approximate surface area is 112 Å². The van der Waals surface area contributed by atoms with Crippen LogP contribution in [0.25, 0.3) is 0 Å². The summed E-state index contributed by atoms with van der Waals surface area (Å²) < 4.78 is 25.4. The van der Waals surface area contributed by atoms with Crippen LogP contribution in [0.5, 0.6) is 0 Å². The summed E-state index contributed by atoms with van der Waals surface area (Å²) in [5.74, 6) is -0.0686. The Hall–Kier alpha value is -1.38. The van der Waals surface area contributed by atoms with Crippen molar-refractivity contribution in [1.82, 2.24) is 13.8 Å². The Balaban J connectivity index is 2.04. The maximum atomic E-state index is 12.3. The molecule has 1 amide bonds. The van der Waals surface area contributed by atoms with Gasteiger partial charge in [-0.25, -0.2) is 5.14 Å². The van der Waals surface area contributed by atoms with Crippen molar-refractivity contribution in [3.05, 3.63) is 24.0 Å². The minimum Gasteiger partial charge on any atom is -0.344 e. The smallest absolute Gasteiger partial charge is 0.277 e. The van der Waals surface area contributed by atoms with Gasteiger partial charge in [-0.3, -0.25) is 4.79 Å². The maximum absolute atomic E-state index is 12.3. The molecule has 1 aliphatic heterocycles. The number of hydrogen-bond donors (Lipinski definition) is 1. The van der Waals surface area contributed by atoms with Crippen LogP contribution in [0.1, 0.15) is 17.4 Å². The van der Waals surface area contributed by atoms with Crippen LogP contribution < -0.4 is 5.14 Å². The van der Waals surface area contributed by atoms with Crippen molar-refractivity contribution < 1.29 is 13.2 Å². The van der Waals surface area contributed by atoms with Crippen LogP contribution in [0.2, 0.25) is 0 Å². The molecule has 0 aromatic carbocycles. The number of nitrogens with two attached hydrogens (primary N) is 1. The van der Waals surface area contributed by atoms with Gasteiger partial charge >= 0.3 is 0 Å². The molecule has 106 valence electrons. The fourth-order valence-electron chi connectivity index (χ4n) is 2.19. The van der Waals surface area contributed by atoms with Crippen molar-refractivity contribution in [2.45, 2.75) is 13.5 Å². The summed E-state index contributed by atoms with van der Waals surface area (Å²) in [6, 6.07) is 3.61. The molecule has 1 aromatic rings. The molecule has 1 fully saturated rings. The molecule has 1 saturated heterocycles. The Bertz CT molecular complexity index is 558. The first-order chi connectivity index (χ1) is 8.93. The largest absolute Gasteiger partial charge is 0.344 e. The number of amides is 1. The van der Waals surface area contributed by atoms with Gasteiger partial charge in [0.1, 0.15) is 5.69 Å². The van der Waals surface area contributed by atoms with E-state index >= 15 is 0 Å². The monoisotopic (exact) mass is 286 g/mol. The number of nitrogens with zero attached hydrogens (tertiary/aromatic N) is 3. The van der Waals surface area contributed by atoms with E-state index in [4.69, 9.17) is 5.14 Å². The number of piperazine rings is 1. The van der Waals surface area contributed by atoms with Gasteiger partial charge in [0.05, 0.1) is 0 Å². The zero-order chi connectivity index (χ0) is 14.0. The fourth-order valence-corrected chi connectivity index (χ4v) is 2.86. The van der Waals surface area contributed by atoms with Crippen LogP contribution in [0.4, 0.5) is 0 Å². The van der Waals surface area contributed by atoms with Crippen molar-refractivity contribution in [1.29, 1.82) is 0 Å². The van der Waals surface area contributed by atoms with E-state index in [9.17, 15) is 13.2 Å². The third-order valence-electron chi connectivity index (χ3n) is 3.28. The number of carbonyl (C=O) groups excluding carboxylic acids is 1. The van der Waals surface area contributed by atoms with E-state index in [-0.39, 0.29) is 19.0 Å². The molecular weight excluding hydrogens is 268 g/mol. The second-order valence-electron chi connectivity index (χ2n) is 4.42. The Morgan fingerprint density at radius 1 is 1.32 bits per heavy atom. The Morgan fingerprint density at radius 2 is 1.95 bits per heavy atom. The second-order valence-corrected chi connectivity index (χ2v) is 5.96. The lowest BCUT2D eigenvalue weighted by molar-refractivity contribution is 0.0687. The zero-order valence-electron chi connectivity index (χ0n) is 10.8. The Kier molecular flexibility index (Phi) is 3.93. The van der Waals surface area contributed by atoms with Crippen LogP contribution in [0, 0.1) is 0 Å². The summed E-state index contributed by atoms with van der Waals surface area (Å²) in [5.41, 5.74) is 0.631. The number of aromatic nitrogens is 1. The van der Waals surface area contributed by atoms with Gasteiger partial charge in [0.15, 0.2) is 0 Å². The SMILES string of the molecule is CCn1cccc1C(=O)N1CCN(S(N)(=O)=O)CC1. The predicted octanol–water partition coefficient (Wildman–Crippen LogP) is -0.531. The summed E-state index contributed by atoms with van der Waals surface area (Å²) in [4.78, 5) is 14.0. The highest BCUT2D eigenvalue weighted by Crippen LogP contribution is 2.11. The first-order valence-corrected chi connectivity index (χ1v) is 7.66. The van der Waals surface area contributed by atoms with E-state index in [0.717, 1.165) is 6.54 Å². The van der Waals surface area contributed by atoms with Gasteiger partial charge in [0.25, 0.3) is 16.1 Å². The number of hydrogen-bond acceptors (Lipinski definition) is 3. The summed E-state index contributed by atoms with van der Waals surface area (Å²) in [6.45, 7) is 3.92. The molecule has 7 nitrogen and oxygen atoms in total. The molecule has 1 aliphatic rings. The van der Waals surface area contributed by atoms with Gasteiger partial charge in [-0.1, -0.05) is 0 Å². The molecule has 0 aliphatic carbocycles. The van der Waals surface area contributed by atoms with Gasteiger partial charge in [-0.15, -0.1) is 0 Å². The molecule has 0 atom stereocenters. The summed E-state index contributed by atoms with van der Waals surface area (Å²) in [7, 11) is -3.65. The molecule has 8 heteroatoms. The summed E-state index contributed by atoms with van der Waals surface area (Å²) >= 11 is 0. The average Bonchev–Trinajstić information content (AvgIpc) is 2.85. The molecule has 2 rings (SSSR count). The van der Waals surface area contributed by atoms with Gasteiger partial charge in [-0.05, 0) is 19.1 Å². The standard InChI is InChI=1S/C11H18N4O3S/c1-2-13-5-3-4-10(13)11(16)14-6-8-15(9-7-14)19(12,17)18/h3-5H,2,6-9H2,1H3,(H2,12,17,18). The number of carbonyl (C=O) groups is 1. The lowest BCUT2D eigenvalue weighted by Crippen LogP contribution is -2.52. The van der Waals surface area contributed by atoms with Crippen LogP contribution in [0.3, 0.4) is 0 Å². The first kappa shape index (κ1) is 14.0. The predicted molar refractivity (Wildman–Crippen MR) is 70.7 cm³/mol. The van der Waals surface area contributed by atoms with Crippen molar-refractivity contribution in [3.8, 4) is 0 Å². The molecule has 0 spiro atoms. The van der Waals surface area contributed by atoms with E-state index in [1.54, 1.807) is 11.0 Å². The third kappa shape index (κ3) is 2.96. The van der Waals surface area contributed by atoms with Crippen molar-refractivity contribution in [2.24, 2.45) is 5.14 Å². The van der Waals surface area contributed by atoms with Crippen LogP contribution in [0.15, 0.2) is 18.3 Å². The number of aryl methyl sites for hydroxylation is 1. The fraction of sp³-hybridized carbons (Fsp3) is 0.545. The van der Waals surface area contributed by atoms with Crippen LogP contribution in [-0.2, 0) is 16.8 Å². The summed E-state index contributed by atoms with van der Waals surface area (Å²) in [6.07, 6.45) is 1.85. The van der Waals surface area contributed by atoms with Crippen LogP contribution in [-0.4, -0.2) is 54.3 Å². The topological polar surface area (TPSA) is 88.6 Å². The molecular formula is C11H18N4O3S. The molecule has 0 saturated carbocycles. The van der Waals surface area contributed by atoms with E-state index in [1.165, 1.54) is 4.31 Å². The minimum atomic E-state index is -3.65. The summed E-state index contributed by atoms with van der Waals surface area (Å²) in [5, 5.41) is 5.06. The zero-order valence-corrected chi connectivity index (χ0v) is 11.6. The molecule has 1 aromatic heterocycles. The highest BCUT2D eigenvalue weighted by molar-refractivity contribution is 7.86. The minimum absolute atomic E-state index is 0.0686. The molecule has 0 radical (unpaired) electrons. The third-order valence-corrected chi connectivity index (χ3v) is 4.36. The maximum Gasteiger partial charge on any atom is 0.277 e. The van der Waals surface area contributed by atoms with Gasteiger partial charge in [-0.2, -0.15) is 12.7 Å². The molecule has 0 bridgehead atoms. The average molecular weight is 286 g/mol. The Morgan fingerprint density at radius 3 is 2.47 bits per heavy atom. The first-order valence-electron chi connectivity index (χ1n) is 6.15. The van der Waals surface area contributed by atoms with E-state index < -0.39 is 10.2 Å². The van der Waals surface area contributed by atoms with Crippen molar-refractivity contribution in [2.75, 3.05) is 26.2 Å². The molecule has 2 N–H and O–H groups in total. The molecule has 19 heavy (non-hydrogen) atoms. The quantitative estimate of drug-likeness (QED) is 0.810. The lowest BCUT2D eigenvalue weighted by Gasteiger charge is -2.33. The van der Waals surface area contributed by atoms with Crippen molar-refractivity contribution in [3.63, 3.8) is 0 Å². The molecule has 2 heterocycles. The van der Waals surface area contributed by atoms with Gasteiger partial charge < -0.3 is 9.47 Å². The molecule has 0 unspecified atom stereocenters. The number of rotatable bonds is 3. The van der Waals surface area contributed by atoms with Gasteiger partial charge in [0, 0.05) is 38.9 Å². The van der Waals surface area contributed by atoms with Gasteiger partial charge in [0.2, 0.25) is 0 Å². The van der Waals surface area contributed by atoms with E-state index in [0.29, 0.717) is 18.8 Å². The lowest BCUT2D eigenvalue weighted by atomic mass is 10.3. The van der Waals surface area contributed by atoms with E-state index in [2.05, 4.69) is 0 Å².